The van der Waals surface area contributed by atoms with Crippen LogP contribution in [0.1, 0.15) is 5.56 Å². The van der Waals surface area contributed by atoms with E-state index in [9.17, 15) is 4.79 Å². The van der Waals surface area contributed by atoms with Crippen molar-refractivity contribution in [3.05, 3.63) is 29.8 Å². The number of hydrogen-bond acceptors (Lipinski definition) is 6. The molecule has 7 nitrogen and oxygen atoms in total. The van der Waals surface area contributed by atoms with Crippen LogP contribution in [0.4, 0.5) is 0 Å². The van der Waals surface area contributed by atoms with Gasteiger partial charge in [-0.05, 0) is 24.1 Å². The predicted molar refractivity (Wildman–Crippen MR) is 64.6 cm³/mol. The van der Waals surface area contributed by atoms with Gasteiger partial charge in [0.15, 0.2) is 0 Å². The zero-order valence-corrected chi connectivity index (χ0v) is 9.85. The molecule has 0 aromatic heterocycles. The summed E-state index contributed by atoms with van der Waals surface area (Å²) in [7, 11) is -0.417. The second-order valence-electron chi connectivity index (χ2n) is 3.38. The van der Waals surface area contributed by atoms with Gasteiger partial charge in [0.25, 0.3) is 0 Å². The van der Waals surface area contributed by atoms with Gasteiger partial charge in [0.2, 0.25) is 0 Å². The molecule has 0 heterocycles. The lowest BCUT2D eigenvalue weighted by Crippen LogP contribution is -2.32. The summed E-state index contributed by atoms with van der Waals surface area (Å²) in [4.78, 5) is 10.4. The van der Waals surface area contributed by atoms with Crippen LogP contribution in [0.3, 0.4) is 0 Å². The molecule has 18 heavy (non-hydrogen) atoms. The van der Waals surface area contributed by atoms with E-state index in [4.69, 9.17) is 26.0 Å². The van der Waals surface area contributed by atoms with Crippen LogP contribution < -0.4 is 5.73 Å². The van der Waals surface area contributed by atoms with Crippen molar-refractivity contribution < 1.29 is 29.7 Å². The van der Waals surface area contributed by atoms with E-state index >= 15 is 0 Å². The number of phenols is 1. The number of aromatic hydroxyl groups is 1. The quantitative estimate of drug-likeness (QED) is 0.434. The fourth-order valence-electron chi connectivity index (χ4n) is 0.973. The Balaban J connectivity index is 0.000000494. The van der Waals surface area contributed by atoms with E-state index in [0.29, 0.717) is 0 Å². The van der Waals surface area contributed by atoms with Crippen LogP contribution in [0.2, 0.25) is 0 Å². The number of carbonyl (C=O) groups is 1. The Morgan fingerprint density at radius 3 is 2.17 bits per heavy atom. The first kappa shape index (κ1) is 16.4. The highest BCUT2D eigenvalue weighted by atomic mass is 16.6. The molecule has 0 spiro atoms. The Labute approximate surface area is 105 Å². The zero-order valence-electron chi connectivity index (χ0n) is 9.85. The first-order chi connectivity index (χ1) is 8.36. The fourth-order valence-corrected chi connectivity index (χ4v) is 0.973. The highest BCUT2D eigenvalue weighted by Crippen LogP contribution is 2.10. The molecule has 0 bridgehead atoms. The number of aliphatic carboxylic acids is 1. The first-order valence-electron chi connectivity index (χ1n) is 5.02. The van der Waals surface area contributed by atoms with Gasteiger partial charge in [0.05, 0.1) is 0 Å². The number of benzene rings is 1. The van der Waals surface area contributed by atoms with Crippen molar-refractivity contribution in [1.29, 1.82) is 0 Å². The maximum Gasteiger partial charge on any atom is 0.633 e. The largest absolute Gasteiger partial charge is 0.633 e. The Hall–Kier alpha value is -1.61. The van der Waals surface area contributed by atoms with E-state index in [2.05, 4.69) is 4.65 Å². The minimum Gasteiger partial charge on any atom is -0.508 e. The van der Waals surface area contributed by atoms with Crippen molar-refractivity contribution in [3.8, 4) is 5.75 Å². The number of carboxylic acids is 1. The normalized spacial score (nSPS) is 11.1. The summed E-state index contributed by atoms with van der Waals surface area (Å²) < 4.78 is 3.86. The Morgan fingerprint density at radius 2 is 1.83 bits per heavy atom. The third-order valence-electron chi connectivity index (χ3n) is 1.92. The van der Waals surface area contributed by atoms with Crippen LogP contribution >= 0.6 is 0 Å². The summed E-state index contributed by atoms with van der Waals surface area (Å²) in [5.74, 6) is -0.860. The molecular formula is C10H16BNO6. The Kier molecular flexibility index (Phi) is 7.72. The van der Waals surface area contributed by atoms with E-state index in [1.54, 1.807) is 12.1 Å². The molecule has 8 heteroatoms. The molecule has 0 amide bonds. The number of rotatable bonds is 4. The smallest absolute Gasteiger partial charge is 0.508 e. The lowest BCUT2D eigenvalue weighted by molar-refractivity contribution is -0.138. The second kappa shape index (κ2) is 8.48. The fraction of sp³-hybridized carbons (Fsp3) is 0.300. The molecular weight excluding hydrogens is 241 g/mol. The van der Waals surface area contributed by atoms with Gasteiger partial charge in [0.1, 0.15) is 11.8 Å². The number of phenolic OH excluding ortho intramolecular Hbond substituents is 1. The molecule has 1 atom stereocenters. The molecule has 1 rings (SSSR count). The molecule has 0 fully saturated rings. The van der Waals surface area contributed by atoms with Gasteiger partial charge in [-0.15, -0.1) is 0 Å². The van der Waals surface area contributed by atoms with Crippen LogP contribution in [-0.2, 0) is 15.9 Å². The standard InChI is InChI=1S/C9H11NO3.CH5BO3/c10-8(9(12)13)5-6-1-3-7(11)4-2-6;1-5-2(3)4/h1-4,8,11H,5,10H2,(H,12,13);3-4H,1H3. The van der Waals surface area contributed by atoms with Gasteiger partial charge in [-0.1, -0.05) is 12.1 Å². The molecule has 1 aromatic rings. The van der Waals surface area contributed by atoms with Crippen LogP contribution in [0, 0.1) is 0 Å². The summed E-state index contributed by atoms with van der Waals surface area (Å²) in [5.41, 5.74) is 6.12. The second-order valence-corrected chi connectivity index (χ2v) is 3.38. The van der Waals surface area contributed by atoms with E-state index in [1.165, 1.54) is 19.2 Å². The van der Waals surface area contributed by atoms with Crippen LogP contribution in [0.15, 0.2) is 24.3 Å². The monoisotopic (exact) mass is 257 g/mol. The molecule has 0 aliphatic carbocycles. The van der Waals surface area contributed by atoms with E-state index in [1.807, 2.05) is 0 Å². The van der Waals surface area contributed by atoms with Gasteiger partial charge in [0, 0.05) is 7.11 Å². The number of carboxylic acid groups (broad SMARTS) is 1. The van der Waals surface area contributed by atoms with Gasteiger partial charge in [-0.3, -0.25) is 4.79 Å². The first-order valence-corrected chi connectivity index (χ1v) is 5.02. The average Bonchev–Trinajstić information content (AvgIpc) is 2.32. The van der Waals surface area contributed by atoms with Crippen molar-refractivity contribution in [3.63, 3.8) is 0 Å². The predicted octanol–water partition coefficient (Wildman–Crippen LogP) is -1.05. The topological polar surface area (TPSA) is 133 Å². The van der Waals surface area contributed by atoms with Gasteiger partial charge >= 0.3 is 13.3 Å². The van der Waals surface area contributed by atoms with Crippen LogP contribution in [0.5, 0.6) is 5.75 Å². The average molecular weight is 257 g/mol. The minimum atomic E-state index is -1.62. The summed E-state index contributed by atoms with van der Waals surface area (Å²) in [6.07, 6.45) is 0.273. The Bertz CT molecular complexity index is 356. The van der Waals surface area contributed by atoms with Crippen LogP contribution in [0.25, 0.3) is 0 Å². The van der Waals surface area contributed by atoms with Gasteiger partial charge < -0.3 is 30.6 Å². The highest BCUT2D eigenvalue weighted by Gasteiger charge is 2.11. The van der Waals surface area contributed by atoms with Crippen molar-refractivity contribution in [2.24, 2.45) is 5.73 Å². The van der Waals surface area contributed by atoms with Crippen LogP contribution in [-0.4, -0.2) is 46.7 Å². The third kappa shape index (κ3) is 7.63. The van der Waals surface area contributed by atoms with Crippen molar-refractivity contribution in [1.82, 2.24) is 0 Å². The van der Waals surface area contributed by atoms with Crippen molar-refractivity contribution >= 4 is 13.3 Å². The summed E-state index contributed by atoms with van der Waals surface area (Å²) >= 11 is 0. The Morgan fingerprint density at radius 1 is 1.39 bits per heavy atom. The summed E-state index contributed by atoms with van der Waals surface area (Å²) in [6, 6.07) is 5.42. The van der Waals surface area contributed by atoms with E-state index in [-0.39, 0.29) is 12.2 Å². The maximum absolute atomic E-state index is 10.4. The molecule has 0 saturated heterocycles. The molecule has 1 unspecified atom stereocenters. The summed E-state index contributed by atoms with van der Waals surface area (Å²) in [5, 5.41) is 32.9. The van der Waals surface area contributed by atoms with Crippen molar-refractivity contribution in [2.45, 2.75) is 12.5 Å². The minimum absolute atomic E-state index is 0.160. The molecule has 0 aliphatic rings. The lowest BCUT2D eigenvalue weighted by Gasteiger charge is -2.05. The maximum atomic E-state index is 10.4. The molecule has 6 N–H and O–H groups in total. The van der Waals surface area contributed by atoms with Crippen molar-refractivity contribution in [2.75, 3.05) is 7.11 Å². The molecule has 0 aliphatic heterocycles. The van der Waals surface area contributed by atoms with Gasteiger partial charge in [-0.25, -0.2) is 0 Å². The van der Waals surface area contributed by atoms with E-state index in [0.717, 1.165) is 5.56 Å². The third-order valence-corrected chi connectivity index (χ3v) is 1.92. The van der Waals surface area contributed by atoms with Gasteiger partial charge in [-0.2, -0.15) is 0 Å². The molecule has 1 aromatic carbocycles. The summed E-state index contributed by atoms with van der Waals surface area (Å²) in [6.45, 7) is 0. The number of hydrogen-bond donors (Lipinski definition) is 5. The lowest BCUT2D eigenvalue weighted by atomic mass is 10.1. The SMILES string of the molecule is COB(O)O.NC(Cc1ccc(O)cc1)C(=O)O. The van der Waals surface area contributed by atoms with E-state index < -0.39 is 19.3 Å². The highest BCUT2D eigenvalue weighted by molar-refractivity contribution is 6.32. The zero-order chi connectivity index (χ0) is 14.1. The molecule has 0 radical (unpaired) electrons. The number of nitrogens with two attached hydrogens (primary N) is 1. The molecule has 0 saturated carbocycles. The molecule has 100 valence electrons.